The second-order valence-electron chi connectivity index (χ2n) is 5.43. The van der Waals surface area contributed by atoms with Crippen molar-refractivity contribution in [3.8, 4) is 0 Å². The number of amides is 2. The molecule has 134 valence electrons. The van der Waals surface area contributed by atoms with Crippen LogP contribution in [0.15, 0.2) is 48.5 Å². The first-order valence-corrected chi connectivity index (χ1v) is 8.44. The maximum atomic E-state index is 13.5. The molecule has 1 aromatic heterocycles. The second-order valence-corrected chi connectivity index (χ2v) is 6.39. The number of halogens is 2. The van der Waals surface area contributed by atoms with Gasteiger partial charge in [-0.25, -0.2) is 13.6 Å². The molecule has 0 bridgehead atoms. The molecule has 6 nitrogen and oxygen atoms in total. The van der Waals surface area contributed by atoms with Gasteiger partial charge in [0.25, 0.3) is 0 Å². The van der Waals surface area contributed by atoms with Crippen molar-refractivity contribution < 1.29 is 13.6 Å². The third-order valence-corrected chi connectivity index (χ3v) is 4.35. The molecule has 0 fully saturated rings. The molecule has 3 aromatic rings. The first kappa shape index (κ1) is 17.7. The summed E-state index contributed by atoms with van der Waals surface area (Å²) in [6.07, 6.45) is 0. The van der Waals surface area contributed by atoms with Crippen LogP contribution in [-0.2, 0) is 6.54 Å². The number of benzene rings is 2. The highest BCUT2D eigenvalue weighted by molar-refractivity contribution is 7.19. The van der Waals surface area contributed by atoms with E-state index in [-0.39, 0.29) is 10.8 Å². The Hall–Kier alpha value is -3.07. The molecular weight excluding hydrogens is 360 g/mol. The molecule has 3 rings (SSSR count). The largest absolute Gasteiger partial charge is 0.345 e. The van der Waals surface area contributed by atoms with Crippen LogP contribution < -0.4 is 15.5 Å². The van der Waals surface area contributed by atoms with Gasteiger partial charge < -0.3 is 10.2 Å². The highest BCUT2D eigenvalue weighted by Gasteiger charge is 2.13. The van der Waals surface area contributed by atoms with Crippen LogP contribution in [-0.4, -0.2) is 23.3 Å². The molecular formula is C17H15F2N5OS. The van der Waals surface area contributed by atoms with Gasteiger partial charge in [-0.2, -0.15) is 0 Å². The van der Waals surface area contributed by atoms with E-state index in [1.807, 2.05) is 42.3 Å². The van der Waals surface area contributed by atoms with Gasteiger partial charge in [0, 0.05) is 19.7 Å². The molecule has 0 unspecified atom stereocenters. The third kappa shape index (κ3) is 4.51. The van der Waals surface area contributed by atoms with E-state index in [0.29, 0.717) is 11.7 Å². The summed E-state index contributed by atoms with van der Waals surface area (Å²) in [7, 11) is 1.86. The van der Waals surface area contributed by atoms with Crippen molar-refractivity contribution in [3.63, 3.8) is 0 Å². The lowest BCUT2D eigenvalue weighted by molar-refractivity contribution is 0.262. The number of hydrogen-bond acceptors (Lipinski definition) is 5. The number of rotatable bonds is 5. The Bertz CT molecular complexity index is 903. The number of nitrogens with zero attached hydrogens (tertiary/aromatic N) is 3. The van der Waals surface area contributed by atoms with Gasteiger partial charge in [0.1, 0.15) is 11.6 Å². The Labute approximate surface area is 152 Å². The molecule has 26 heavy (non-hydrogen) atoms. The summed E-state index contributed by atoms with van der Waals surface area (Å²) < 4.78 is 26.7. The molecule has 1 heterocycles. The first-order chi connectivity index (χ1) is 12.5. The fourth-order valence-electron chi connectivity index (χ4n) is 2.19. The van der Waals surface area contributed by atoms with Crippen molar-refractivity contribution in [2.45, 2.75) is 6.54 Å². The van der Waals surface area contributed by atoms with E-state index in [2.05, 4.69) is 20.8 Å². The molecule has 9 heteroatoms. The minimum absolute atomic E-state index is 0.245. The van der Waals surface area contributed by atoms with Crippen molar-refractivity contribution in [2.75, 3.05) is 22.6 Å². The van der Waals surface area contributed by atoms with Gasteiger partial charge in [-0.1, -0.05) is 41.7 Å². The normalized spacial score (nSPS) is 10.4. The Kier molecular flexibility index (Phi) is 5.37. The number of nitrogens with one attached hydrogen (secondary N) is 2. The van der Waals surface area contributed by atoms with Crippen molar-refractivity contribution in [3.05, 3.63) is 65.7 Å². The number of aromatic nitrogens is 2. The number of anilines is 3. The van der Waals surface area contributed by atoms with Gasteiger partial charge in [-0.15, -0.1) is 10.2 Å². The molecule has 2 amide bonds. The summed E-state index contributed by atoms with van der Waals surface area (Å²) in [5, 5.41) is 13.5. The van der Waals surface area contributed by atoms with Crippen LogP contribution in [0.1, 0.15) is 5.56 Å². The van der Waals surface area contributed by atoms with Crippen LogP contribution in [0.25, 0.3) is 0 Å². The lowest BCUT2D eigenvalue weighted by atomic mass is 10.2. The van der Waals surface area contributed by atoms with E-state index < -0.39 is 17.7 Å². The molecule has 0 saturated carbocycles. The van der Waals surface area contributed by atoms with Gasteiger partial charge in [0.15, 0.2) is 0 Å². The predicted molar refractivity (Wildman–Crippen MR) is 97.5 cm³/mol. The van der Waals surface area contributed by atoms with Gasteiger partial charge in [0.05, 0.1) is 5.69 Å². The van der Waals surface area contributed by atoms with Crippen LogP contribution in [0.4, 0.5) is 29.5 Å². The molecule has 0 radical (unpaired) electrons. The number of carbonyl (C=O) groups excluding carboxylic acids is 1. The van der Waals surface area contributed by atoms with Crippen LogP contribution in [0.2, 0.25) is 0 Å². The van der Waals surface area contributed by atoms with Crippen molar-refractivity contribution in [1.29, 1.82) is 0 Å². The lowest BCUT2D eigenvalue weighted by Gasteiger charge is -2.14. The number of carbonyl (C=O) groups is 1. The molecule has 2 aromatic carbocycles. The number of urea groups is 1. The predicted octanol–water partition coefficient (Wildman–Crippen LogP) is 4.10. The second kappa shape index (κ2) is 7.87. The Morgan fingerprint density at radius 2 is 1.88 bits per heavy atom. The topological polar surface area (TPSA) is 70.2 Å². The lowest BCUT2D eigenvalue weighted by Crippen LogP contribution is -2.20. The van der Waals surface area contributed by atoms with Crippen molar-refractivity contribution in [1.82, 2.24) is 10.2 Å². The molecule has 0 spiro atoms. The summed E-state index contributed by atoms with van der Waals surface area (Å²) in [5.41, 5.74) is 0.854. The van der Waals surface area contributed by atoms with Crippen LogP contribution in [0, 0.1) is 11.6 Å². The SMILES string of the molecule is CN(Cc1ccccc1)c1nnc(NC(=O)Nc2cc(F)ccc2F)s1. The Morgan fingerprint density at radius 3 is 2.65 bits per heavy atom. The molecule has 2 N–H and O–H groups in total. The van der Waals surface area contributed by atoms with E-state index in [1.54, 1.807) is 0 Å². The van der Waals surface area contributed by atoms with Crippen LogP contribution in [0.5, 0.6) is 0 Å². The smallest absolute Gasteiger partial charge is 0.325 e. The number of hydrogen-bond donors (Lipinski definition) is 2. The summed E-state index contributed by atoms with van der Waals surface area (Å²) in [6, 6.07) is 11.9. The van der Waals surface area contributed by atoms with E-state index in [1.165, 1.54) is 11.3 Å². The Balaban J connectivity index is 1.61. The highest BCUT2D eigenvalue weighted by Crippen LogP contribution is 2.24. The van der Waals surface area contributed by atoms with Crippen molar-refractivity contribution in [2.24, 2.45) is 0 Å². The zero-order valence-corrected chi connectivity index (χ0v) is 14.6. The monoisotopic (exact) mass is 375 g/mol. The van der Waals surface area contributed by atoms with Gasteiger partial charge in [-0.3, -0.25) is 5.32 Å². The first-order valence-electron chi connectivity index (χ1n) is 7.63. The van der Waals surface area contributed by atoms with E-state index in [9.17, 15) is 13.6 Å². The van der Waals surface area contributed by atoms with E-state index in [4.69, 9.17) is 0 Å². The van der Waals surface area contributed by atoms with Crippen LogP contribution in [0.3, 0.4) is 0 Å². The molecule has 0 aliphatic rings. The quantitative estimate of drug-likeness (QED) is 0.705. The molecule has 0 aliphatic heterocycles. The zero-order chi connectivity index (χ0) is 18.5. The van der Waals surface area contributed by atoms with E-state index in [0.717, 1.165) is 23.8 Å². The third-order valence-electron chi connectivity index (χ3n) is 3.40. The summed E-state index contributed by atoms with van der Waals surface area (Å²) in [4.78, 5) is 13.8. The molecule has 0 atom stereocenters. The average Bonchev–Trinajstić information content (AvgIpc) is 3.07. The minimum atomic E-state index is -0.734. The van der Waals surface area contributed by atoms with Crippen molar-refractivity contribution >= 4 is 33.3 Å². The maximum absolute atomic E-state index is 13.5. The minimum Gasteiger partial charge on any atom is -0.345 e. The highest BCUT2D eigenvalue weighted by atomic mass is 32.1. The summed E-state index contributed by atoms with van der Waals surface area (Å²) in [5.74, 6) is -1.38. The maximum Gasteiger partial charge on any atom is 0.325 e. The Morgan fingerprint density at radius 1 is 1.12 bits per heavy atom. The summed E-state index contributed by atoms with van der Waals surface area (Å²) in [6.45, 7) is 0.635. The fraction of sp³-hybridized carbons (Fsp3) is 0.118. The van der Waals surface area contributed by atoms with Gasteiger partial charge >= 0.3 is 6.03 Å². The fourth-order valence-corrected chi connectivity index (χ4v) is 2.89. The molecule has 0 saturated heterocycles. The van der Waals surface area contributed by atoms with Gasteiger partial charge in [0.2, 0.25) is 10.3 Å². The summed E-state index contributed by atoms with van der Waals surface area (Å²) >= 11 is 1.17. The standard InChI is InChI=1S/C17H15F2N5OS/c1-24(10-11-5-3-2-4-6-11)17-23-22-16(26-17)21-15(25)20-14-9-12(18)7-8-13(14)19/h2-9H,10H2,1H3,(H2,20,21,22,25). The van der Waals surface area contributed by atoms with Gasteiger partial charge in [-0.05, 0) is 17.7 Å². The zero-order valence-electron chi connectivity index (χ0n) is 13.7. The van der Waals surface area contributed by atoms with E-state index >= 15 is 0 Å². The molecule has 0 aliphatic carbocycles. The average molecular weight is 375 g/mol. The van der Waals surface area contributed by atoms with Crippen LogP contribution >= 0.6 is 11.3 Å².